The summed E-state index contributed by atoms with van der Waals surface area (Å²) in [5.74, 6) is 0.435. The molecule has 0 aromatic carbocycles. The summed E-state index contributed by atoms with van der Waals surface area (Å²) < 4.78 is 33.7. The average Bonchev–Trinajstić information content (AvgIpc) is 2.95. The average molecular weight is 310 g/mol. The number of methoxy groups -OCH3 is 1. The Morgan fingerprint density at radius 1 is 1.33 bits per heavy atom. The second kappa shape index (κ2) is 5.28. The van der Waals surface area contributed by atoms with Crippen molar-refractivity contribution in [1.82, 2.24) is 18.6 Å². The zero-order valence-electron chi connectivity index (χ0n) is 12.0. The van der Waals surface area contributed by atoms with Gasteiger partial charge in [-0.25, -0.2) is 8.96 Å². The molecule has 1 saturated heterocycles. The molecule has 7 nitrogen and oxygen atoms in total. The van der Waals surface area contributed by atoms with E-state index in [1.807, 2.05) is 6.92 Å². The van der Waals surface area contributed by atoms with E-state index in [0.717, 1.165) is 5.56 Å². The highest BCUT2D eigenvalue weighted by molar-refractivity contribution is 7.87. The molecule has 0 radical (unpaired) electrons. The van der Waals surface area contributed by atoms with Crippen LogP contribution in [0.25, 0.3) is 10.9 Å². The molecule has 114 valence electrons. The van der Waals surface area contributed by atoms with Gasteiger partial charge in [0.15, 0.2) is 0 Å². The molecule has 3 rings (SSSR count). The number of aromatic nitrogens is 2. The van der Waals surface area contributed by atoms with Crippen molar-refractivity contribution in [3.05, 3.63) is 24.0 Å². The number of nitrogens with zero attached hydrogens (tertiary/aromatic N) is 3. The fourth-order valence-corrected chi connectivity index (χ4v) is 4.19. The highest BCUT2D eigenvalue weighted by Crippen LogP contribution is 2.28. The zero-order valence-corrected chi connectivity index (χ0v) is 12.9. The SMILES string of the molecule is COc1ncc(C)c2c1ccn2S(=O)(=O)N1CCNCC1. The van der Waals surface area contributed by atoms with Gasteiger partial charge in [0.2, 0.25) is 5.88 Å². The van der Waals surface area contributed by atoms with Gasteiger partial charge in [-0.1, -0.05) is 0 Å². The summed E-state index contributed by atoms with van der Waals surface area (Å²) in [6, 6.07) is 1.73. The van der Waals surface area contributed by atoms with E-state index in [1.165, 1.54) is 15.4 Å². The molecule has 1 aliphatic rings. The van der Waals surface area contributed by atoms with Gasteiger partial charge in [-0.3, -0.25) is 0 Å². The van der Waals surface area contributed by atoms with Crippen LogP contribution >= 0.6 is 0 Å². The predicted octanol–water partition coefficient (Wildman–Crippen LogP) is 0.351. The molecule has 1 aliphatic heterocycles. The number of aryl methyl sites for hydroxylation is 1. The molecule has 8 heteroatoms. The van der Waals surface area contributed by atoms with Crippen LogP contribution in [0, 0.1) is 6.92 Å². The Morgan fingerprint density at radius 2 is 2.05 bits per heavy atom. The Kier molecular flexibility index (Phi) is 3.60. The molecular formula is C13H18N4O3S. The van der Waals surface area contributed by atoms with Crippen molar-refractivity contribution in [2.24, 2.45) is 0 Å². The molecule has 2 aromatic heterocycles. The standard InChI is InChI=1S/C13H18N4O3S/c1-10-9-15-13(20-2)11-3-6-17(12(10)11)21(18,19)16-7-4-14-5-8-16/h3,6,9,14H,4-5,7-8H2,1-2H3. The van der Waals surface area contributed by atoms with Crippen LogP contribution in [0.3, 0.4) is 0 Å². The summed E-state index contributed by atoms with van der Waals surface area (Å²) in [6.07, 6.45) is 3.20. The number of nitrogens with one attached hydrogen (secondary N) is 1. The van der Waals surface area contributed by atoms with Crippen LogP contribution < -0.4 is 10.1 Å². The number of piperazine rings is 1. The van der Waals surface area contributed by atoms with Crippen LogP contribution in [-0.4, -0.2) is 55.0 Å². The van der Waals surface area contributed by atoms with Crippen molar-refractivity contribution in [2.45, 2.75) is 6.92 Å². The van der Waals surface area contributed by atoms with Gasteiger partial charge in [-0.2, -0.15) is 12.7 Å². The molecule has 3 heterocycles. The lowest BCUT2D eigenvalue weighted by molar-refractivity contribution is 0.357. The molecule has 0 atom stereocenters. The van der Waals surface area contributed by atoms with E-state index in [4.69, 9.17) is 4.74 Å². The minimum Gasteiger partial charge on any atom is -0.481 e. The predicted molar refractivity (Wildman–Crippen MR) is 79.8 cm³/mol. The summed E-state index contributed by atoms with van der Waals surface area (Å²) >= 11 is 0. The maximum Gasteiger partial charge on any atom is 0.308 e. The van der Waals surface area contributed by atoms with E-state index in [0.29, 0.717) is 43.0 Å². The van der Waals surface area contributed by atoms with Gasteiger partial charge in [0.1, 0.15) is 0 Å². The third-order valence-corrected chi connectivity index (χ3v) is 5.49. The highest BCUT2D eigenvalue weighted by atomic mass is 32.2. The molecule has 0 amide bonds. The van der Waals surface area contributed by atoms with Crippen LogP contribution in [0.2, 0.25) is 0 Å². The van der Waals surface area contributed by atoms with Crippen molar-refractivity contribution >= 4 is 21.1 Å². The molecule has 21 heavy (non-hydrogen) atoms. The van der Waals surface area contributed by atoms with Gasteiger partial charge in [-0.05, 0) is 18.6 Å². The normalized spacial score (nSPS) is 17.2. The van der Waals surface area contributed by atoms with E-state index in [2.05, 4.69) is 10.3 Å². The fourth-order valence-electron chi connectivity index (χ4n) is 2.61. The monoisotopic (exact) mass is 310 g/mol. The second-order valence-corrected chi connectivity index (χ2v) is 6.79. The van der Waals surface area contributed by atoms with Crippen LogP contribution in [0.1, 0.15) is 5.56 Å². The molecule has 0 spiro atoms. The first-order valence-electron chi connectivity index (χ1n) is 6.77. The smallest absolute Gasteiger partial charge is 0.308 e. The van der Waals surface area contributed by atoms with Crippen LogP contribution in [-0.2, 0) is 10.2 Å². The lowest BCUT2D eigenvalue weighted by Crippen LogP contribution is -2.48. The van der Waals surface area contributed by atoms with Crippen LogP contribution in [0.15, 0.2) is 18.5 Å². The molecule has 0 unspecified atom stereocenters. The van der Waals surface area contributed by atoms with Gasteiger partial charge < -0.3 is 10.1 Å². The van der Waals surface area contributed by atoms with Crippen molar-refractivity contribution in [1.29, 1.82) is 0 Å². The Hall–Kier alpha value is -1.64. The lowest BCUT2D eigenvalue weighted by atomic mass is 10.2. The summed E-state index contributed by atoms with van der Waals surface area (Å²) in [5.41, 5.74) is 1.43. The van der Waals surface area contributed by atoms with E-state index in [9.17, 15) is 8.42 Å². The van der Waals surface area contributed by atoms with E-state index in [-0.39, 0.29) is 0 Å². The summed E-state index contributed by atoms with van der Waals surface area (Å²) in [6.45, 7) is 4.13. The molecular weight excluding hydrogens is 292 g/mol. The summed E-state index contributed by atoms with van der Waals surface area (Å²) in [7, 11) is -2.04. The Balaban J connectivity index is 2.16. The second-order valence-electron chi connectivity index (χ2n) is 4.98. The van der Waals surface area contributed by atoms with Gasteiger partial charge >= 0.3 is 10.2 Å². The highest BCUT2D eigenvalue weighted by Gasteiger charge is 2.27. The van der Waals surface area contributed by atoms with Gasteiger partial charge in [-0.15, -0.1) is 0 Å². The summed E-state index contributed by atoms with van der Waals surface area (Å²) in [4.78, 5) is 4.18. The molecule has 0 bridgehead atoms. The van der Waals surface area contributed by atoms with Gasteiger partial charge in [0, 0.05) is 38.6 Å². The lowest BCUT2D eigenvalue weighted by Gasteiger charge is -2.27. The largest absolute Gasteiger partial charge is 0.481 e. The number of rotatable bonds is 3. The minimum atomic E-state index is -3.57. The third-order valence-electron chi connectivity index (χ3n) is 3.68. The molecule has 1 fully saturated rings. The molecule has 0 aliphatic carbocycles. The maximum atomic E-state index is 12.8. The topological polar surface area (TPSA) is 76.5 Å². The van der Waals surface area contributed by atoms with Crippen molar-refractivity contribution in [3.63, 3.8) is 0 Å². The zero-order chi connectivity index (χ0) is 15.0. The first-order valence-corrected chi connectivity index (χ1v) is 8.17. The number of hydrogen-bond donors (Lipinski definition) is 1. The number of ether oxygens (including phenoxy) is 1. The minimum absolute atomic E-state index is 0.435. The molecule has 1 N–H and O–H groups in total. The van der Waals surface area contributed by atoms with Crippen molar-refractivity contribution in [2.75, 3.05) is 33.3 Å². The number of hydrogen-bond acceptors (Lipinski definition) is 5. The molecule has 0 saturated carbocycles. The number of pyridine rings is 1. The first kappa shape index (κ1) is 14.3. The quantitative estimate of drug-likeness (QED) is 0.885. The Morgan fingerprint density at radius 3 is 2.71 bits per heavy atom. The van der Waals surface area contributed by atoms with Gasteiger partial charge in [0.05, 0.1) is 18.0 Å². The first-order chi connectivity index (χ1) is 10.1. The van der Waals surface area contributed by atoms with Crippen LogP contribution in [0.4, 0.5) is 0 Å². The van der Waals surface area contributed by atoms with Gasteiger partial charge in [0.25, 0.3) is 0 Å². The van der Waals surface area contributed by atoms with E-state index >= 15 is 0 Å². The number of fused-ring (bicyclic) bond motifs is 1. The van der Waals surface area contributed by atoms with Crippen molar-refractivity contribution < 1.29 is 13.2 Å². The van der Waals surface area contributed by atoms with E-state index in [1.54, 1.807) is 18.5 Å². The van der Waals surface area contributed by atoms with Crippen molar-refractivity contribution in [3.8, 4) is 5.88 Å². The Labute approximate surface area is 123 Å². The van der Waals surface area contributed by atoms with E-state index < -0.39 is 10.2 Å². The fraction of sp³-hybridized carbons (Fsp3) is 0.462. The third kappa shape index (κ3) is 2.29. The Bertz CT molecular complexity index is 763. The summed E-state index contributed by atoms with van der Waals surface area (Å²) in [5, 5.41) is 3.86. The van der Waals surface area contributed by atoms with Crippen LogP contribution in [0.5, 0.6) is 5.88 Å². The molecule has 2 aromatic rings. The maximum absolute atomic E-state index is 12.8.